The Morgan fingerprint density at radius 1 is 1.13 bits per heavy atom. The summed E-state index contributed by atoms with van der Waals surface area (Å²) in [5, 5.41) is 3.91. The Hall–Kier alpha value is -3.18. The molecule has 166 valence electrons. The first-order valence-corrected chi connectivity index (χ1v) is 9.97. The van der Waals surface area contributed by atoms with Crippen LogP contribution in [0.1, 0.15) is 4.88 Å². The lowest BCUT2D eigenvalue weighted by Gasteiger charge is -2.13. The highest BCUT2D eigenvalue weighted by atomic mass is 32.1. The predicted octanol–water partition coefficient (Wildman–Crippen LogP) is 2.96. The van der Waals surface area contributed by atoms with Crippen LogP contribution in [0.25, 0.3) is 10.4 Å². The smallest absolute Gasteiger partial charge is 0.346 e. The molecule has 0 radical (unpaired) electrons. The standard InChI is InChI=1S/C20H22F2N4O4S/c1-28-15-6-12(7-16(29-2)18(15)30-3)17-5-4-14(31-17)10-25-11-24-26(20(25)27)9-13(8-23)19(21)22/h4-7,11H,8-10,23H2,1-3H3. The van der Waals surface area contributed by atoms with Crippen molar-refractivity contribution in [1.82, 2.24) is 14.3 Å². The van der Waals surface area contributed by atoms with E-state index in [1.165, 1.54) is 29.3 Å². The van der Waals surface area contributed by atoms with Gasteiger partial charge in [0.05, 0.1) is 34.4 Å². The Kier molecular flexibility index (Phi) is 7.08. The van der Waals surface area contributed by atoms with Crippen molar-refractivity contribution in [2.75, 3.05) is 27.9 Å². The van der Waals surface area contributed by atoms with Gasteiger partial charge >= 0.3 is 5.69 Å². The van der Waals surface area contributed by atoms with Crippen LogP contribution < -0.4 is 25.6 Å². The topological polar surface area (TPSA) is 93.5 Å². The fourth-order valence-electron chi connectivity index (χ4n) is 2.98. The van der Waals surface area contributed by atoms with Crippen molar-refractivity contribution in [3.8, 4) is 27.7 Å². The van der Waals surface area contributed by atoms with E-state index in [-0.39, 0.29) is 25.2 Å². The van der Waals surface area contributed by atoms with Gasteiger partial charge in [-0.1, -0.05) is 0 Å². The van der Waals surface area contributed by atoms with Crippen LogP contribution in [0.5, 0.6) is 17.2 Å². The Bertz CT molecular complexity index is 1120. The van der Waals surface area contributed by atoms with Crippen molar-refractivity contribution < 1.29 is 23.0 Å². The molecule has 3 aromatic rings. The molecule has 0 aliphatic heterocycles. The molecular weight excluding hydrogens is 430 g/mol. The van der Waals surface area contributed by atoms with E-state index in [0.29, 0.717) is 17.2 Å². The number of thiophene rings is 1. The molecule has 2 aromatic heterocycles. The van der Waals surface area contributed by atoms with Crippen LogP contribution in [-0.4, -0.2) is 42.2 Å². The molecule has 0 saturated heterocycles. The van der Waals surface area contributed by atoms with Gasteiger partial charge in [-0.3, -0.25) is 4.57 Å². The van der Waals surface area contributed by atoms with Gasteiger partial charge in [-0.05, 0) is 29.8 Å². The van der Waals surface area contributed by atoms with Crippen molar-refractivity contribution in [2.24, 2.45) is 5.73 Å². The summed E-state index contributed by atoms with van der Waals surface area (Å²) < 4.78 is 44.1. The van der Waals surface area contributed by atoms with Crippen molar-refractivity contribution in [3.05, 3.63) is 57.6 Å². The summed E-state index contributed by atoms with van der Waals surface area (Å²) in [4.78, 5) is 14.3. The molecule has 31 heavy (non-hydrogen) atoms. The molecule has 0 unspecified atom stereocenters. The zero-order valence-electron chi connectivity index (χ0n) is 17.2. The number of hydrogen-bond donors (Lipinski definition) is 1. The van der Waals surface area contributed by atoms with Crippen LogP contribution in [0.3, 0.4) is 0 Å². The van der Waals surface area contributed by atoms with Gasteiger partial charge in [0.1, 0.15) is 6.33 Å². The number of rotatable bonds is 9. The Labute approximate surface area is 181 Å². The number of nitrogens with two attached hydrogens (primary N) is 1. The number of ether oxygens (including phenoxy) is 3. The molecule has 8 nitrogen and oxygen atoms in total. The molecular formula is C20H22F2N4O4S. The van der Waals surface area contributed by atoms with Crippen LogP contribution in [0.2, 0.25) is 0 Å². The molecule has 11 heteroatoms. The average molecular weight is 452 g/mol. The van der Waals surface area contributed by atoms with E-state index >= 15 is 0 Å². The fraction of sp³-hybridized carbons (Fsp3) is 0.300. The number of aromatic nitrogens is 3. The number of methoxy groups -OCH3 is 3. The molecule has 0 amide bonds. The highest BCUT2D eigenvalue weighted by molar-refractivity contribution is 7.15. The average Bonchev–Trinajstić information content (AvgIpc) is 3.38. The van der Waals surface area contributed by atoms with Gasteiger partial charge < -0.3 is 19.9 Å². The Balaban J connectivity index is 1.85. The zero-order valence-corrected chi connectivity index (χ0v) is 18.0. The van der Waals surface area contributed by atoms with E-state index in [9.17, 15) is 13.6 Å². The first-order chi connectivity index (χ1) is 14.9. The highest BCUT2D eigenvalue weighted by Crippen LogP contribution is 2.42. The number of benzene rings is 1. The Morgan fingerprint density at radius 2 is 1.81 bits per heavy atom. The third-order valence-electron chi connectivity index (χ3n) is 4.59. The molecule has 2 N–H and O–H groups in total. The van der Waals surface area contributed by atoms with E-state index in [4.69, 9.17) is 19.9 Å². The molecule has 0 aliphatic carbocycles. The minimum Gasteiger partial charge on any atom is -0.493 e. The summed E-state index contributed by atoms with van der Waals surface area (Å²) in [5.74, 6) is 1.57. The summed E-state index contributed by atoms with van der Waals surface area (Å²) in [7, 11) is 4.63. The van der Waals surface area contributed by atoms with Crippen LogP contribution in [0.15, 0.2) is 47.0 Å². The lowest BCUT2D eigenvalue weighted by Crippen LogP contribution is -2.27. The van der Waals surface area contributed by atoms with Gasteiger partial charge in [-0.2, -0.15) is 13.9 Å². The maximum Gasteiger partial charge on any atom is 0.346 e. The molecule has 1 aromatic carbocycles. The molecule has 0 fully saturated rings. The third-order valence-corrected chi connectivity index (χ3v) is 5.71. The fourth-order valence-corrected chi connectivity index (χ4v) is 3.97. The lowest BCUT2D eigenvalue weighted by atomic mass is 10.1. The minimum absolute atomic E-state index is 0.258. The molecule has 0 aliphatic rings. The first kappa shape index (κ1) is 22.5. The van der Waals surface area contributed by atoms with Crippen molar-refractivity contribution >= 4 is 11.3 Å². The maximum absolute atomic E-state index is 12.8. The van der Waals surface area contributed by atoms with E-state index in [1.807, 2.05) is 24.3 Å². The van der Waals surface area contributed by atoms with Gasteiger partial charge in [0.25, 0.3) is 6.08 Å². The lowest BCUT2D eigenvalue weighted by molar-refractivity contribution is 0.324. The molecule has 0 spiro atoms. The van der Waals surface area contributed by atoms with Gasteiger partial charge in [-0.25, -0.2) is 9.48 Å². The predicted molar refractivity (Wildman–Crippen MR) is 113 cm³/mol. The molecule has 0 saturated carbocycles. The molecule has 2 heterocycles. The number of nitrogens with zero attached hydrogens (tertiary/aromatic N) is 3. The Morgan fingerprint density at radius 3 is 2.35 bits per heavy atom. The summed E-state index contributed by atoms with van der Waals surface area (Å²) in [6.07, 6.45) is -0.567. The quantitative estimate of drug-likeness (QED) is 0.537. The largest absolute Gasteiger partial charge is 0.493 e. The van der Waals surface area contributed by atoms with E-state index < -0.39 is 11.8 Å². The van der Waals surface area contributed by atoms with Crippen LogP contribution >= 0.6 is 11.3 Å². The first-order valence-electron chi connectivity index (χ1n) is 9.16. The van der Waals surface area contributed by atoms with E-state index in [2.05, 4.69) is 5.10 Å². The molecule has 0 bridgehead atoms. The second-order valence-corrected chi connectivity index (χ2v) is 7.62. The highest BCUT2D eigenvalue weighted by Gasteiger charge is 2.16. The maximum atomic E-state index is 12.8. The van der Waals surface area contributed by atoms with Crippen molar-refractivity contribution in [1.29, 1.82) is 0 Å². The van der Waals surface area contributed by atoms with Crippen molar-refractivity contribution in [2.45, 2.75) is 13.1 Å². The van der Waals surface area contributed by atoms with Crippen LogP contribution in [-0.2, 0) is 13.1 Å². The summed E-state index contributed by atoms with van der Waals surface area (Å²) in [6, 6.07) is 7.49. The summed E-state index contributed by atoms with van der Waals surface area (Å²) in [6.45, 7) is -0.426. The normalized spacial score (nSPS) is 10.8. The third kappa shape index (κ3) is 4.78. The zero-order chi connectivity index (χ0) is 22.5. The minimum atomic E-state index is -1.89. The van der Waals surface area contributed by atoms with Gasteiger partial charge in [0, 0.05) is 21.9 Å². The van der Waals surface area contributed by atoms with E-state index in [0.717, 1.165) is 20.0 Å². The van der Waals surface area contributed by atoms with Crippen LogP contribution in [0.4, 0.5) is 8.78 Å². The van der Waals surface area contributed by atoms with Gasteiger partial charge in [-0.15, -0.1) is 11.3 Å². The monoisotopic (exact) mass is 452 g/mol. The second kappa shape index (κ2) is 9.75. The molecule has 3 rings (SSSR count). The second-order valence-electron chi connectivity index (χ2n) is 6.45. The SMILES string of the molecule is COc1cc(-c2ccc(Cn3cnn(CC(CN)=C(F)F)c3=O)s2)cc(OC)c1OC. The summed E-state index contributed by atoms with van der Waals surface area (Å²) >= 11 is 1.48. The van der Waals surface area contributed by atoms with Gasteiger partial charge in [0.15, 0.2) is 11.5 Å². The van der Waals surface area contributed by atoms with Gasteiger partial charge in [0.2, 0.25) is 5.75 Å². The molecule has 0 atom stereocenters. The number of halogens is 2. The van der Waals surface area contributed by atoms with Crippen molar-refractivity contribution in [3.63, 3.8) is 0 Å². The summed E-state index contributed by atoms with van der Waals surface area (Å²) in [5.41, 5.74) is 5.36. The number of hydrogen-bond acceptors (Lipinski definition) is 7. The van der Waals surface area contributed by atoms with Crippen LogP contribution in [0, 0.1) is 0 Å². The van der Waals surface area contributed by atoms with E-state index in [1.54, 1.807) is 14.2 Å².